The van der Waals surface area contributed by atoms with Crippen LogP contribution in [0.4, 0.5) is 0 Å². The average molecular weight is 254 g/mol. The van der Waals surface area contributed by atoms with Crippen molar-refractivity contribution >= 4 is 33.8 Å². The fourth-order valence-electron chi connectivity index (χ4n) is 0.847. The molecule has 0 amide bonds. The second kappa shape index (κ2) is 5.11. The smallest absolute Gasteiger partial charge is 0.106 e. The molecule has 1 aromatic carbocycles. The predicted octanol–water partition coefficient (Wildman–Crippen LogP) is 3.68. The Labute approximate surface area is 90.6 Å². The lowest BCUT2D eigenvalue weighted by atomic mass is 10.2. The molecule has 0 radical (unpaired) electrons. The Kier molecular flexibility index (Phi) is 4.07. The standard InChI is InChI=1S/C10H8BrNS/c1-13-10(7-12)6-8-2-4-9(11)5-3-8/h2-6H,1H3. The summed E-state index contributed by atoms with van der Waals surface area (Å²) < 4.78 is 1.05. The van der Waals surface area contributed by atoms with Crippen molar-refractivity contribution in [2.45, 2.75) is 0 Å². The number of benzene rings is 1. The third-order valence-corrected chi connectivity index (χ3v) is 2.68. The van der Waals surface area contributed by atoms with E-state index >= 15 is 0 Å². The largest absolute Gasteiger partial charge is 0.192 e. The van der Waals surface area contributed by atoms with E-state index < -0.39 is 0 Å². The lowest BCUT2D eigenvalue weighted by Gasteiger charge is -1.94. The van der Waals surface area contributed by atoms with Gasteiger partial charge in [0, 0.05) is 4.47 Å². The van der Waals surface area contributed by atoms with Gasteiger partial charge in [-0.05, 0) is 30.0 Å². The van der Waals surface area contributed by atoms with Crippen molar-refractivity contribution in [3.8, 4) is 6.07 Å². The molecule has 0 saturated heterocycles. The fraction of sp³-hybridized carbons (Fsp3) is 0.100. The summed E-state index contributed by atoms with van der Waals surface area (Å²) in [6.07, 6.45) is 3.77. The first-order valence-electron chi connectivity index (χ1n) is 3.67. The highest BCUT2D eigenvalue weighted by atomic mass is 79.9. The van der Waals surface area contributed by atoms with Crippen molar-refractivity contribution < 1.29 is 0 Å². The van der Waals surface area contributed by atoms with Crippen molar-refractivity contribution in [1.29, 1.82) is 5.26 Å². The Morgan fingerprint density at radius 1 is 1.46 bits per heavy atom. The Balaban J connectivity index is 2.92. The van der Waals surface area contributed by atoms with E-state index in [9.17, 15) is 0 Å². The van der Waals surface area contributed by atoms with Gasteiger partial charge < -0.3 is 0 Å². The minimum absolute atomic E-state index is 0.724. The molecule has 13 heavy (non-hydrogen) atoms. The molecule has 0 aliphatic heterocycles. The number of halogens is 1. The molecule has 0 atom stereocenters. The molecule has 0 aromatic heterocycles. The van der Waals surface area contributed by atoms with Gasteiger partial charge in [-0.2, -0.15) is 5.26 Å². The Hall–Kier alpha value is -0.720. The van der Waals surface area contributed by atoms with Crippen LogP contribution in [0.15, 0.2) is 33.6 Å². The van der Waals surface area contributed by atoms with Crippen LogP contribution in [0.25, 0.3) is 6.08 Å². The van der Waals surface area contributed by atoms with Gasteiger partial charge in [-0.3, -0.25) is 0 Å². The molecule has 1 aromatic rings. The van der Waals surface area contributed by atoms with Crippen LogP contribution in [0, 0.1) is 11.3 Å². The molecule has 0 saturated carbocycles. The van der Waals surface area contributed by atoms with Gasteiger partial charge in [-0.25, -0.2) is 0 Å². The summed E-state index contributed by atoms with van der Waals surface area (Å²) >= 11 is 4.81. The van der Waals surface area contributed by atoms with E-state index in [0.29, 0.717) is 0 Å². The van der Waals surface area contributed by atoms with E-state index in [1.54, 1.807) is 0 Å². The number of allylic oxidation sites excluding steroid dienone is 1. The van der Waals surface area contributed by atoms with Crippen LogP contribution in [0.3, 0.4) is 0 Å². The maximum Gasteiger partial charge on any atom is 0.106 e. The van der Waals surface area contributed by atoms with Crippen molar-refractivity contribution in [1.82, 2.24) is 0 Å². The molecule has 0 heterocycles. The van der Waals surface area contributed by atoms with Crippen LogP contribution in [0.1, 0.15) is 5.56 Å². The maximum absolute atomic E-state index is 8.69. The monoisotopic (exact) mass is 253 g/mol. The summed E-state index contributed by atoms with van der Waals surface area (Å²) in [5.74, 6) is 0. The highest BCUT2D eigenvalue weighted by Gasteiger charge is 1.93. The Morgan fingerprint density at radius 3 is 2.54 bits per heavy atom. The molecular formula is C10H8BrNS. The van der Waals surface area contributed by atoms with Gasteiger partial charge in [0.1, 0.15) is 6.07 Å². The van der Waals surface area contributed by atoms with Crippen LogP contribution in [-0.4, -0.2) is 6.26 Å². The van der Waals surface area contributed by atoms with E-state index in [0.717, 1.165) is 14.9 Å². The van der Waals surface area contributed by atoms with Gasteiger partial charge in [0.25, 0.3) is 0 Å². The normalized spacial score (nSPS) is 11.0. The van der Waals surface area contributed by atoms with Gasteiger partial charge in [0.05, 0.1) is 4.91 Å². The summed E-state index contributed by atoms with van der Waals surface area (Å²) in [5.41, 5.74) is 1.05. The molecule has 0 spiro atoms. The van der Waals surface area contributed by atoms with E-state index in [1.807, 2.05) is 36.6 Å². The van der Waals surface area contributed by atoms with Gasteiger partial charge in [0.15, 0.2) is 0 Å². The Bertz CT molecular complexity index is 348. The summed E-state index contributed by atoms with van der Waals surface area (Å²) in [6, 6.07) is 9.99. The lowest BCUT2D eigenvalue weighted by molar-refractivity contribution is 1.53. The molecule has 0 unspecified atom stereocenters. The minimum Gasteiger partial charge on any atom is -0.192 e. The molecule has 0 bridgehead atoms. The van der Waals surface area contributed by atoms with Crippen molar-refractivity contribution in [2.75, 3.05) is 6.26 Å². The van der Waals surface area contributed by atoms with Crippen LogP contribution >= 0.6 is 27.7 Å². The summed E-state index contributed by atoms with van der Waals surface area (Å²) in [5, 5.41) is 8.69. The molecule has 66 valence electrons. The third-order valence-electron chi connectivity index (χ3n) is 1.50. The average Bonchev–Trinajstić information content (AvgIpc) is 2.17. The second-order valence-corrected chi connectivity index (χ2v) is 4.14. The topological polar surface area (TPSA) is 23.8 Å². The van der Waals surface area contributed by atoms with Gasteiger partial charge in [0.2, 0.25) is 0 Å². The van der Waals surface area contributed by atoms with Crippen LogP contribution < -0.4 is 0 Å². The van der Waals surface area contributed by atoms with Crippen LogP contribution in [0.5, 0.6) is 0 Å². The summed E-state index contributed by atoms with van der Waals surface area (Å²) in [7, 11) is 0. The number of nitrogens with zero attached hydrogens (tertiary/aromatic N) is 1. The highest BCUT2D eigenvalue weighted by Crippen LogP contribution is 2.17. The van der Waals surface area contributed by atoms with Crippen LogP contribution in [-0.2, 0) is 0 Å². The first-order chi connectivity index (χ1) is 6.26. The van der Waals surface area contributed by atoms with Crippen molar-refractivity contribution in [2.24, 2.45) is 0 Å². The molecular weight excluding hydrogens is 246 g/mol. The van der Waals surface area contributed by atoms with Gasteiger partial charge in [-0.15, -0.1) is 11.8 Å². The number of hydrogen-bond donors (Lipinski definition) is 0. The van der Waals surface area contributed by atoms with Crippen LogP contribution in [0.2, 0.25) is 0 Å². The number of thioether (sulfide) groups is 1. The van der Waals surface area contributed by atoms with Gasteiger partial charge in [-0.1, -0.05) is 28.1 Å². The quantitative estimate of drug-likeness (QED) is 0.752. The van der Waals surface area contributed by atoms with Gasteiger partial charge >= 0.3 is 0 Å². The molecule has 0 fully saturated rings. The number of hydrogen-bond acceptors (Lipinski definition) is 2. The van der Waals surface area contributed by atoms with Crippen molar-refractivity contribution in [3.05, 3.63) is 39.2 Å². The molecule has 3 heteroatoms. The zero-order valence-electron chi connectivity index (χ0n) is 7.12. The molecule has 1 nitrogen and oxygen atoms in total. The first kappa shape index (κ1) is 10.4. The number of rotatable bonds is 2. The molecule has 0 aliphatic rings. The number of nitriles is 1. The SMILES string of the molecule is CSC(C#N)=Cc1ccc(Br)cc1. The van der Waals surface area contributed by atoms with E-state index in [2.05, 4.69) is 22.0 Å². The zero-order chi connectivity index (χ0) is 9.68. The molecule has 1 rings (SSSR count). The van der Waals surface area contributed by atoms with E-state index in [1.165, 1.54) is 11.8 Å². The summed E-state index contributed by atoms with van der Waals surface area (Å²) in [4.78, 5) is 0.724. The van der Waals surface area contributed by atoms with Crippen molar-refractivity contribution in [3.63, 3.8) is 0 Å². The zero-order valence-corrected chi connectivity index (χ0v) is 9.52. The van der Waals surface area contributed by atoms with E-state index in [4.69, 9.17) is 5.26 Å². The van der Waals surface area contributed by atoms with E-state index in [-0.39, 0.29) is 0 Å². The highest BCUT2D eigenvalue weighted by molar-refractivity contribution is 9.10. The summed E-state index contributed by atoms with van der Waals surface area (Å²) in [6.45, 7) is 0. The third kappa shape index (κ3) is 3.25. The fourth-order valence-corrected chi connectivity index (χ4v) is 1.46. The maximum atomic E-state index is 8.69. The first-order valence-corrected chi connectivity index (χ1v) is 5.69. The molecule has 0 aliphatic carbocycles. The minimum atomic E-state index is 0.724. The predicted molar refractivity (Wildman–Crippen MR) is 61.2 cm³/mol. The molecule has 0 N–H and O–H groups in total. The second-order valence-electron chi connectivity index (χ2n) is 2.38. The lowest BCUT2D eigenvalue weighted by Crippen LogP contribution is -1.73. The Morgan fingerprint density at radius 2 is 2.08 bits per heavy atom.